The van der Waals surface area contributed by atoms with Gasteiger partial charge in [0.15, 0.2) is 5.78 Å². The average molecular weight is 352 g/mol. The highest BCUT2D eigenvalue weighted by Crippen LogP contribution is 2.37. The van der Waals surface area contributed by atoms with E-state index in [4.69, 9.17) is 0 Å². The van der Waals surface area contributed by atoms with Crippen LogP contribution in [0.4, 0.5) is 0 Å². The molecule has 1 unspecified atom stereocenters. The van der Waals surface area contributed by atoms with E-state index in [1.165, 1.54) is 25.7 Å². The van der Waals surface area contributed by atoms with Crippen LogP contribution in [0.5, 0.6) is 0 Å². The molecule has 0 bridgehead atoms. The van der Waals surface area contributed by atoms with E-state index in [9.17, 15) is 4.79 Å². The lowest BCUT2D eigenvalue weighted by Crippen LogP contribution is -2.45. The highest BCUT2D eigenvalue weighted by molar-refractivity contribution is 9.10. The Hall–Kier alpha value is -0.670. The summed E-state index contributed by atoms with van der Waals surface area (Å²) in [4.78, 5) is 14.9. The molecule has 3 heteroatoms. The van der Waals surface area contributed by atoms with Crippen LogP contribution in [-0.4, -0.2) is 29.8 Å². The van der Waals surface area contributed by atoms with Crippen LogP contribution in [0.15, 0.2) is 28.7 Å². The van der Waals surface area contributed by atoms with Gasteiger partial charge in [0.25, 0.3) is 0 Å². The molecular formula is C18H26BrNO. The number of hydrogen-bond donors (Lipinski definition) is 0. The first kappa shape index (κ1) is 16.7. The van der Waals surface area contributed by atoms with Crippen molar-refractivity contribution >= 4 is 21.7 Å². The van der Waals surface area contributed by atoms with Crippen molar-refractivity contribution in [2.24, 2.45) is 5.41 Å². The maximum Gasteiger partial charge on any atom is 0.179 e. The summed E-state index contributed by atoms with van der Waals surface area (Å²) in [7, 11) is 2.10. The van der Waals surface area contributed by atoms with E-state index in [-0.39, 0.29) is 11.8 Å². The molecule has 1 fully saturated rings. The molecule has 0 amide bonds. The largest absolute Gasteiger partial charge is 0.294 e. The highest BCUT2D eigenvalue weighted by Gasteiger charge is 2.32. The maximum absolute atomic E-state index is 12.6. The molecule has 21 heavy (non-hydrogen) atoms. The van der Waals surface area contributed by atoms with Gasteiger partial charge in [-0.2, -0.15) is 0 Å². The van der Waals surface area contributed by atoms with E-state index in [2.05, 4.69) is 41.7 Å². The van der Waals surface area contributed by atoms with E-state index in [0.717, 1.165) is 10.0 Å². The lowest BCUT2D eigenvalue weighted by molar-refractivity contribution is 0.0700. The zero-order valence-corrected chi connectivity index (χ0v) is 15.1. The van der Waals surface area contributed by atoms with Crippen molar-refractivity contribution in [1.82, 2.24) is 4.90 Å². The van der Waals surface area contributed by atoms with Gasteiger partial charge in [-0.05, 0) is 57.2 Å². The van der Waals surface area contributed by atoms with Crippen molar-refractivity contribution < 1.29 is 4.79 Å². The molecule has 0 spiro atoms. The molecule has 0 aliphatic heterocycles. The van der Waals surface area contributed by atoms with E-state index >= 15 is 0 Å². The predicted octanol–water partition coefficient (Wildman–Crippen LogP) is 4.92. The molecule has 2 nitrogen and oxygen atoms in total. The summed E-state index contributed by atoms with van der Waals surface area (Å²) in [5, 5.41) is 0. The molecule has 0 aromatic heterocycles. The fourth-order valence-electron chi connectivity index (χ4n) is 3.15. The van der Waals surface area contributed by atoms with Crippen molar-refractivity contribution in [3.63, 3.8) is 0 Å². The molecule has 0 saturated heterocycles. The zero-order valence-electron chi connectivity index (χ0n) is 13.5. The second kappa shape index (κ2) is 6.62. The molecule has 0 heterocycles. The van der Waals surface area contributed by atoms with E-state index < -0.39 is 0 Å². The van der Waals surface area contributed by atoms with Gasteiger partial charge in [-0.1, -0.05) is 41.9 Å². The number of hydrogen-bond acceptors (Lipinski definition) is 2. The quantitative estimate of drug-likeness (QED) is 0.717. The van der Waals surface area contributed by atoms with Gasteiger partial charge in [0, 0.05) is 16.1 Å². The third kappa shape index (κ3) is 4.17. The first-order valence-electron chi connectivity index (χ1n) is 7.82. The standard InChI is InChI=1S/C18H26BrNO/c1-13(17(21)14-5-7-15(19)8-6-14)20(4)16-9-11-18(2,3)12-10-16/h5-8,13,16H,9-12H2,1-4H3. The zero-order chi connectivity index (χ0) is 15.6. The monoisotopic (exact) mass is 351 g/mol. The van der Waals surface area contributed by atoms with E-state index in [1.807, 2.05) is 31.2 Å². The lowest BCUT2D eigenvalue weighted by atomic mass is 9.75. The van der Waals surface area contributed by atoms with E-state index in [0.29, 0.717) is 11.5 Å². The minimum absolute atomic E-state index is 0.0580. The van der Waals surface area contributed by atoms with Gasteiger partial charge in [-0.15, -0.1) is 0 Å². The van der Waals surface area contributed by atoms with Gasteiger partial charge < -0.3 is 0 Å². The second-order valence-electron chi connectivity index (χ2n) is 7.11. The summed E-state index contributed by atoms with van der Waals surface area (Å²) in [5.41, 5.74) is 1.27. The van der Waals surface area contributed by atoms with Crippen molar-refractivity contribution in [2.75, 3.05) is 7.05 Å². The van der Waals surface area contributed by atoms with Gasteiger partial charge in [-0.3, -0.25) is 9.69 Å². The molecule has 1 aromatic carbocycles. The third-order valence-corrected chi connectivity index (χ3v) is 5.53. The highest BCUT2D eigenvalue weighted by atomic mass is 79.9. The Labute approximate surface area is 137 Å². The van der Waals surface area contributed by atoms with Gasteiger partial charge in [-0.25, -0.2) is 0 Å². The van der Waals surface area contributed by atoms with Crippen LogP contribution < -0.4 is 0 Å². The predicted molar refractivity (Wildman–Crippen MR) is 91.7 cm³/mol. The third-order valence-electron chi connectivity index (χ3n) is 5.00. The number of rotatable bonds is 4. The minimum atomic E-state index is -0.0580. The summed E-state index contributed by atoms with van der Waals surface area (Å²) in [6.45, 7) is 6.73. The second-order valence-corrected chi connectivity index (χ2v) is 8.02. The molecule has 1 atom stereocenters. The Morgan fingerprint density at radius 1 is 1.24 bits per heavy atom. The molecule has 1 saturated carbocycles. The van der Waals surface area contributed by atoms with Crippen molar-refractivity contribution in [3.8, 4) is 0 Å². The van der Waals surface area contributed by atoms with Crippen LogP contribution in [-0.2, 0) is 0 Å². The Balaban J connectivity index is 2.00. The molecule has 2 rings (SSSR count). The molecule has 0 radical (unpaired) electrons. The van der Waals surface area contributed by atoms with Crippen molar-refractivity contribution in [1.29, 1.82) is 0 Å². The van der Waals surface area contributed by atoms with Crippen molar-refractivity contribution in [2.45, 2.75) is 58.5 Å². The SMILES string of the molecule is CC(C(=O)c1ccc(Br)cc1)N(C)C1CCC(C)(C)CC1. The number of ketones is 1. The number of halogens is 1. The van der Waals surface area contributed by atoms with Crippen LogP contribution in [0, 0.1) is 5.41 Å². The number of carbonyl (C=O) groups excluding carboxylic acids is 1. The Bertz CT molecular complexity index is 484. The summed E-state index contributed by atoms with van der Waals surface area (Å²) >= 11 is 3.41. The van der Waals surface area contributed by atoms with Gasteiger partial charge in [0.1, 0.15) is 0 Å². The summed E-state index contributed by atoms with van der Waals surface area (Å²) < 4.78 is 1.01. The van der Waals surface area contributed by atoms with Crippen LogP contribution in [0.25, 0.3) is 0 Å². The molecule has 116 valence electrons. The van der Waals surface area contributed by atoms with Gasteiger partial charge in [0.2, 0.25) is 0 Å². The topological polar surface area (TPSA) is 20.3 Å². The van der Waals surface area contributed by atoms with Gasteiger partial charge >= 0.3 is 0 Å². The smallest absolute Gasteiger partial charge is 0.179 e. The number of carbonyl (C=O) groups is 1. The van der Waals surface area contributed by atoms with Crippen LogP contribution in [0.2, 0.25) is 0 Å². The van der Waals surface area contributed by atoms with E-state index in [1.54, 1.807) is 0 Å². The molecule has 1 aliphatic carbocycles. The Morgan fingerprint density at radius 2 is 1.76 bits per heavy atom. The number of likely N-dealkylation sites (N-methyl/N-ethyl adjacent to an activating group) is 1. The fraction of sp³-hybridized carbons (Fsp3) is 0.611. The number of benzene rings is 1. The number of nitrogens with zero attached hydrogens (tertiary/aromatic N) is 1. The normalized spacial score (nSPS) is 20.5. The molecular weight excluding hydrogens is 326 g/mol. The Morgan fingerprint density at radius 3 is 2.29 bits per heavy atom. The molecule has 0 N–H and O–H groups in total. The molecule has 1 aromatic rings. The summed E-state index contributed by atoms with van der Waals surface area (Å²) in [5.74, 6) is 0.217. The van der Waals surface area contributed by atoms with Gasteiger partial charge in [0.05, 0.1) is 6.04 Å². The summed E-state index contributed by atoms with van der Waals surface area (Å²) in [6.07, 6.45) is 4.89. The van der Waals surface area contributed by atoms with Crippen molar-refractivity contribution in [3.05, 3.63) is 34.3 Å². The lowest BCUT2D eigenvalue weighted by Gasteiger charge is -2.40. The van der Waals surface area contributed by atoms with Crippen LogP contribution >= 0.6 is 15.9 Å². The first-order valence-corrected chi connectivity index (χ1v) is 8.61. The Kier molecular flexibility index (Phi) is 5.26. The fourth-order valence-corrected chi connectivity index (χ4v) is 3.41. The summed E-state index contributed by atoms with van der Waals surface area (Å²) in [6, 6.07) is 8.15. The first-order chi connectivity index (χ1) is 9.80. The van der Waals surface area contributed by atoms with Crippen LogP contribution in [0.3, 0.4) is 0 Å². The minimum Gasteiger partial charge on any atom is -0.294 e. The molecule has 1 aliphatic rings. The number of Topliss-reactive ketones (excluding diaryl/α,β-unsaturated/α-hetero) is 1. The average Bonchev–Trinajstić information content (AvgIpc) is 2.46. The van der Waals surface area contributed by atoms with Crippen LogP contribution in [0.1, 0.15) is 56.8 Å². The maximum atomic E-state index is 12.6.